The Bertz CT molecular complexity index is 510. The molecule has 5 nitrogen and oxygen atoms in total. The van der Waals surface area contributed by atoms with Crippen LogP contribution in [-0.2, 0) is 4.74 Å². The lowest BCUT2D eigenvalue weighted by Gasteiger charge is -2.40. The Morgan fingerprint density at radius 1 is 1.38 bits per heavy atom. The zero-order valence-corrected chi connectivity index (χ0v) is 12.1. The smallest absolute Gasteiger partial charge is 0.319 e. The molecule has 112 valence electrons. The summed E-state index contributed by atoms with van der Waals surface area (Å²) < 4.78 is 10.7. The minimum atomic E-state index is -0.240. The van der Waals surface area contributed by atoms with Gasteiger partial charge < -0.3 is 20.1 Å². The van der Waals surface area contributed by atoms with Crippen LogP contribution in [0.1, 0.15) is 19.3 Å². The van der Waals surface area contributed by atoms with E-state index in [1.54, 1.807) is 31.4 Å². The van der Waals surface area contributed by atoms with E-state index in [1.807, 2.05) is 0 Å². The number of carbonyl (C=O) groups excluding carboxylic acids is 1. The van der Waals surface area contributed by atoms with Crippen molar-refractivity contribution in [2.75, 3.05) is 25.6 Å². The topological polar surface area (TPSA) is 59.6 Å². The molecule has 0 atom stereocenters. The van der Waals surface area contributed by atoms with Gasteiger partial charge in [-0.3, -0.25) is 0 Å². The van der Waals surface area contributed by atoms with Crippen molar-refractivity contribution in [3.63, 3.8) is 0 Å². The molecule has 2 rings (SSSR count). The normalized spacial score (nSPS) is 15.4. The number of urea groups is 1. The Kier molecular flexibility index (Phi) is 5.07. The van der Waals surface area contributed by atoms with Gasteiger partial charge in [0, 0.05) is 19.3 Å². The molecule has 5 heteroatoms. The fourth-order valence-electron chi connectivity index (χ4n) is 2.20. The zero-order chi connectivity index (χ0) is 15.1. The molecule has 0 bridgehead atoms. The van der Waals surface area contributed by atoms with Gasteiger partial charge in [0.05, 0.1) is 5.60 Å². The second-order valence-corrected chi connectivity index (χ2v) is 5.07. The van der Waals surface area contributed by atoms with Gasteiger partial charge in [-0.2, -0.15) is 0 Å². The lowest BCUT2D eigenvalue weighted by molar-refractivity contribution is -0.0671. The molecule has 1 aromatic carbocycles. The monoisotopic (exact) mass is 288 g/mol. The van der Waals surface area contributed by atoms with Crippen molar-refractivity contribution in [1.29, 1.82) is 0 Å². The van der Waals surface area contributed by atoms with Crippen LogP contribution in [0.5, 0.6) is 5.75 Å². The third-order valence-corrected chi connectivity index (χ3v) is 3.70. The number of hydrogen-bond acceptors (Lipinski definition) is 3. The molecule has 0 unspecified atom stereocenters. The lowest BCUT2D eigenvalue weighted by atomic mass is 9.80. The number of hydrogen-bond donors (Lipinski definition) is 2. The van der Waals surface area contributed by atoms with Gasteiger partial charge in [-0.15, -0.1) is 6.42 Å². The van der Waals surface area contributed by atoms with E-state index in [4.69, 9.17) is 15.9 Å². The Hall–Kier alpha value is -2.19. The third kappa shape index (κ3) is 4.14. The van der Waals surface area contributed by atoms with Crippen LogP contribution < -0.4 is 15.4 Å². The first-order valence-electron chi connectivity index (χ1n) is 6.94. The van der Waals surface area contributed by atoms with Gasteiger partial charge in [0.2, 0.25) is 0 Å². The molecule has 21 heavy (non-hydrogen) atoms. The Balaban J connectivity index is 1.78. The van der Waals surface area contributed by atoms with Crippen LogP contribution in [0.2, 0.25) is 0 Å². The van der Waals surface area contributed by atoms with Crippen LogP contribution in [0.3, 0.4) is 0 Å². The van der Waals surface area contributed by atoms with Crippen LogP contribution in [0.4, 0.5) is 10.5 Å². The summed E-state index contributed by atoms with van der Waals surface area (Å²) in [4.78, 5) is 11.8. The molecule has 0 aromatic heterocycles. The largest absolute Gasteiger partial charge is 0.481 e. The summed E-state index contributed by atoms with van der Waals surface area (Å²) in [6.45, 7) is 0.755. The summed E-state index contributed by atoms with van der Waals surface area (Å²) in [6, 6.07) is 6.81. The third-order valence-electron chi connectivity index (χ3n) is 3.70. The van der Waals surface area contributed by atoms with E-state index >= 15 is 0 Å². The average molecular weight is 288 g/mol. The Labute approximate surface area is 125 Å². The number of nitrogens with one attached hydrogen (secondary N) is 2. The highest BCUT2D eigenvalue weighted by atomic mass is 16.5. The van der Waals surface area contributed by atoms with Crippen molar-refractivity contribution in [2.45, 2.75) is 24.9 Å². The number of amides is 2. The van der Waals surface area contributed by atoms with Crippen molar-refractivity contribution >= 4 is 11.7 Å². The second kappa shape index (κ2) is 7.00. The van der Waals surface area contributed by atoms with Crippen molar-refractivity contribution in [1.82, 2.24) is 5.32 Å². The summed E-state index contributed by atoms with van der Waals surface area (Å²) in [5, 5.41) is 5.61. The van der Waals surface area contributed by atoms with E-state index in [2.05, 4.69) is 16.6 Å². The van der Waals surface area contributed by atoms with Crippen molar-refractivity contribution in [3.8, 4) is 18.1 Å². The van der Waals surface area contributed by atoms with Gasteiger partial charge in [-0.1, -0.05) is 5.92 Å². The van der Waals surface area contributed by atoms with Gasteiger partial charge >= 0.3 is 6.03 Å². The highest BCUT2D eigenvalue weighted by Crippen LogP contribution is 2.34. The van der Waals surface area contributed by atoms with E-state index < -0.39 is 0 Å². The molecular formula is C16H20N2O3. The van der Waals surface area contributed by atoms with E-state index in [9.17, 15) is 4.79 Å². The molecular weight excluding hydrogens is 268 g/mol. The summed E-state index contributed by atoms with van der Waals surface area (Å²) in [6.07, 6.45) is 8.25. The predicted molar refractivity (Wildman–Crippen MR) is 81.4 cm³/mol. The number of rotatable bonds is 6. The minimum absolute atomic E-state index is 0.176. The average Bonchev–Trinajstić information content (AvgIpc) is 2.46. The van der Waals surface area contributed by atoms with Gasteiger partial charge in [0.15, 0.2) is 0 Å². The number of terminal acetylenes is 1. The Morgan fingerprint density at radius 3 is 2.62 bits per heavy atom. The van der Waals surface area contributed by atoms with Crippen molar-refractivity contribution < 1.29 is 14.3 Å². The fourth-order valence-corrected chi connectivity index (χ4v) is 2.20. The van der Waals surface area contributed by atoms with E-state index in [1.165, 1.54) is 0 Å². The molecule has 2 N–H and O–H groups in total. The van der Waals surface area contributed by atoms with Gasteiger partial charge in [-0.05, 0) is 43.5 Å². The number of anilines is 1. The quantitative estimate of drug-likeness (QED) is 0.790. The second-order valence-electron chi connectivity index (χ2n) is 5.07. The van der Waals surface area contributed by atoms with Crippen LogP contribution >= 0.6 is 0 Å². The molecule has 2 amide bonds. The fraction of sp³-hybridized carbons (Fsp3) is 0.438. The van der Waals surface area contributed by atoms with Crippen LogP contribution in [0.15, 0.2) is 24.3 Å². The van der Waals surface area contributed by atoms with E-state index in [-0.39, 0.29) is 18.2 Å². The first-order chi connectivity index (χ1) is 10.2. The van der Waals surface area contributed by atoms with E-state index in [0.29, 0.717) is 18.0 Å². The van der Waals surface area contributed by atoms with Gasteiger partial charge in [-0.25, -0.2) is 4.79 Å². The number of methoxy groups -OCH3 is 1. The lowest BCUT2D eigenvalue weighted by Crippen LogP contribution is -2.50. The first-order valence-corrected chi connectivity index (χ1v) is 6.94. The van der Waals surface area contributed by atoms with Crippen molar-refractivity contribution in [3.05, 3.63) is 24.3 Å². The van der Waals surface area contributed by atoms with Crippen LogP contribution in [0, 0.1) is 12.3 Å². The summed E-state index contributed by atoms with van der Waals surface area (Å²) in [7, 11) is 1.69. The molecule has 0 spiro atoms. The summed E-state index contributed by atoms with van der Waals surface area (Å²) in [5.41, 5.74) is 0.519. The van der Waals surface area contributed by atoms with Crippen LogP contribution in [0.25, 0.3) is 0 Å². The standard InChI is InChI=1S/C16H20N2O3/c1-3-11-21-14-7-5-13(6-8-14)18-15(19)17-12-16(20-2)9-4-10-16/h1,5-8H,4,9-12H2,2H3,(H2,17,18,19). The van der Waals surface area contributed by atoms with Gasteiger partial charge in [0.25, 0.3) is 0 Å². The maximum atomic E-state index is 11.8. The summed E-state index contributed by atoms with van der Waals surface area (Å²) >= 11 is 0. The highest BCUT2D eigenvalue weighted by Gasteiger charge is 2.37. The number of ether oxygens (including phenoxy) is 2. The molecule has 0 radical (unpaired) electrons. The molecule has 1 aliphatic rings. The molecule has 0 aliphatic heterocycles. The van der Waals surface area contributed by atoms with Crippen LogP contribution in [-0.4, -0.2) is 31.9 Å². The molecule has 0 heterocycles. The first kappa shape index (κ1) is 15.2. The molecule has 1 saturated carbocycles. The SMILES string of the molecule is C#CCOc1ccc(NC(=O)NCC2(OC)CCC2)cc1. The minimum Gasteiger partial charge on any atom is -0.481 e. The van der Waals surface area contributed by atoms with Gasteiger partial charge in [0.1, 0.15) is 12.4 Å². The number of carbonyl (C=O) groups is 1. The highest BCUT2D eigenvalue weighted by molar-refractivity contribution is 5.89. The maximum absolute atomic E-state index is 11.8. The van der Waals surface area contributed by atoms with Crippen molar-refractivity contribution in [2.24, 2.45) is 0 Å². The molecule has 0 saturated heterocycles. The van der Waals surface area contributed by atoms with E-state index in [0.717, 1.165) is 19.3 Å². The molecule has 1 fully saturated rings. The molecule has 1 aromatic rings. The molecule has 1 aliphatic carbocycles. The number of benzene rings is 1. The predicted octanol–water partition coefficient (Wildman–Crippen LogP) is 2.39. The summed E-state index contributed by atoms with van der Waals surface area (Å²) in [5.74, 6) is 3.07. The maximum Gasteiger partial charge on any atom is 0.319 e. The Morgan fingerprint density at radius 2 is 2.10 bits per heavy atom. The zero-order valence-electron chi connectivity index (χ0n) is 12.1.